The summed E-state index contributed by atoms with van der Waals surface area (Å²) in [4.78, 5) is 26.5. The molecule has 172 valence electrons. The Balaban J connectivity index is 1.51. The van der Waals surface area contributed by atoms with Gasteiger partial charge < -0.3 is 15.0 Å². The van der Waals surface area contributed by atoms with E-state index in [9.17, 15) is 18.0 Å². The topological polar surface area (TPSA) is 99.3 Å². The Labute approximate surface area is 184 Å². The Bertz CT molecular complexity index is 897. The van der Waals surface area contributed by atoms with E-state index in [0.29, 0.717) is 31.7 Å². The number of hydrogen-bond acceptors (Lipinski definition) is 5. The molecule has 2 unspecified atom stereocenters. The molecule has 3 rings (SSSR count). The molecule has 9 nitrogen and oxygen atoms in total. The Kier molecular flexibility index (Phi) is 7.35. The van der Waals surface area contributed by atoms with Gasteiger partial charge in [0.1, 0.15) is 0 Å². The summed E-state index contributed by atoms with van der Waals surface area (Å²) in [5.74, 6) is -0.514. The fourth-order valence-electron chi connectivity index (χ4n) is 4.13. The van der Waals surface area contributed by atoms with Crippen LogP contribution in [0.3, 0.4) is 0 Å². The summed E-state index contributed by atoms with van der Waals surface area (Å²) in [6, 6.07) is 5.54. The van der Waals surface area contributed by atoms with Crippen molar-refractivity contribution in [2.75, 3.05) is 45.8 Å². The maximum atomic E-state index is 13.0. The Hall–Kier alpha value is -2.01. The lowest BCUT2D eigenvalue weighted by atomic mass is 10.1. The van der Waals surface area contributed by atoms with Gasteiger partial charge in [-0.05, 0) is 39.8 Å². The molecule has 1 aromatic carbocycles. The number of nitrogens with zero attached hydrogens (tertiary/aromatic N) is 3. The molecule has 0 saturated carbocycles. The average molecular weight is 453 g/mol. The molecule has 10 heteroatoms. The highest BCUT2D eigenvalue weighted by Crippen LogP contribution is 2.19. The first kappa shape index (κ1) is 23.6. The van der Waals surface area contributed by atoms with E-state index in [2.05, 4.69) is 5.32 Å². The third-order valence-electron chi connectivity index (χ3n) is 5.51. The van der Waals surface area contributed by atoms with Crippen molar-refractivity contribution < 1.29 is 22.7 Å². The van der Waals surface area contributed by atoms with E-state index in [-0.39, 0.29) is 43.7 Å². The van der Waals surface area contributed by atoms with Crippen LogP contribution in [0.1, 0.15) is 35.3 Å². The summed E-state index contributed by atoms with van der Waals surface area (Å²) >= 11 is 0. The summed E-state index contributed by atoms with van der Waals surface area (Å²) in [6.45, 7) is 9.17. The lowest BCUT2D eigenvalue weighted by molar-refractivity contribution is -0.131. The van der Waals surface area contributed by atoms with Crippen molar-refractivity contribution in [1.29, 1.82) is 0 Å². The number of carbonyl (C=O) groups is 2. The first-order chi connectivity index (χ1) is 14.6. The summed E-state index contributed by atoms with van der Waals surface area (Å²) in [5, 5.41) is 2.67. The smallest absolute Gasteiger partial charge is 0.282 e. The molecule has 0 aromatic heterocycles. The van der Waals surface area contributed by atoms with Crippen LogP contribution in [-0.4, -0.2) is 91.8 Å². The lowest BCUT2D eigenvalue weighted by Crippen LogP contribution is -2.58. The molecule has 1 N–H and O–H groups in total. The number of aryl methyl sites for hydroxylation is 2. The number of nitrogens with one attached hydrogen (secondary N) is 1. The molecular formula is C21H32N4O5S. The predicted octanol–water partition coefficient (Wildman–Crippen LogP) is 0.531. The van der Waals surface area contributed by atoms with Gasteiger partial charge in [-0.2, -0.15) is 17.0 Å². The van der Waals surface area contributed by atoms with Gasteiger partial charge in [-0.3, -0.25) is 9.59 Å². The van der Waals surface area contributed by atoms with Crippen LogP contribution in [0.2, 0.25) is 0 Å². The van der Waals surface area contributed by atoms with E-state index < -0.39 is 10.2 Å². The number of carbonyl (C=O) groups excluding carboxylic acids is 2. The van der Waals surface area contributed by atoms with Crippen LogP contribution in [-0.2, 0) is 19.7 Å². The predicted molar refractivity (Wildman–Crippen MR) is 117 cm³/mol. The molecule has 1 aromatic rings. The van der Waals surface area contributed by atoms with Gasteiger partial charge in [0.15, 0.2) is 0 Å². The largest absolute Gasteiger partial charge is 0.373 e. The number of hydrogen-bond donors (Lipinski definition) is 1. The van der Waals surface area contributed by atoms with Gasteiger partial charge in [-0.1, -0.05) is 17.2 Å². The van der Waals surface area contributed by atoms with E-state index in [1.165, 1.54) is 8.61 Å². The van der Waals surface area contributed by atoms with Gasteiger partial charge in [0, 0.05) is 44.8 Å². The number of piperazine rings is 1. The highest BCUT2D eigenvalue weighted by Gasteiger charge is 2.37. The summed E-state index contributed by atoms with van der Waals surface area (Å²) in [6.07, 6.45) is -0.301. The van der Waals surface area contributed by atoms with Crippen molar-refractivity contribution in [2.24, 2.45) is 0 Å². The Morgan fingerprint density at radius 1 is 0.968 bits per heavy atom. The molecule has 2 heterocycles. The van der Waals surface area contributed by atoms with Crippen molar-refractivity contribution in [3.8, 4) is 0 Å². The molecular weight excluding hydrogens is 420 g/mol. The Morgan fingerprint density at radius 2 is 1.52 bits per heavy atom. The van der Waals surface area contributed by atoms with Gasteiger partial charge in [0.2, 0.25) is 5.91 Å². The molecule has 0 radical (unpaired) electrons. The van der Waals surface area contributed by atoms with Crippen molar-refractivity contribution in [1.82, 2.24) is 18.8 Å². The van der Waals surface area contributed by atoms with Crippen molar-refractivity contribution in [3.63, 3.8) is 0 Å². The molecule has 31 heavy (non-hydrogen) atoms. The average Bonchev–Trinajstić information content (AvgIpc) is 2.70. The highest BCUT2D eigenvalue weighted by atomic mass is 32.2. The molecule has 0 bridgehead atoms. The van der Waals surface area contributed by atoms with Crippen LogP contribution in [0.5, 0.6) is 0 Å². The van der Waals surface area contributed by atoms with Gasteiger partial charge in [0.05, 0.1) is 18.8 Å². The van der Waals surface area contributed by atoms with Crippen molar-refractivity contribution >= 4 is 22.0 Å². The number of ether oxygens (including phenoxy) is 1. The van der Waals surface area contributed by atoms with E-state index in [4.69, 9.17) is 4.74 Å². The molecule has 0 aliphatic carbocycles. The van der Waals surface area contributed by atoms with Crippen molar-refractivity contribution in [2.45, 2.75) is 39.9 Å². The highest BCUT2D eigenvalue weighted by molar-refractivity contribution is 7.86. The van der Waals surface area contributed by atoms with Crippen LogP contribution in [0.15, 0.2) is 18.2 Å². The maximum Gasteiger partial charge on any atom is 0.282 e. The van der Waals surface area contributed by atoms with Gasteiger partial charge >= 0.3 is 0 Å². The second-order valence-corrected chi connectivity index (χ2v) is 10.3. The van der Waals surface area contributed by atoms with Crippen molar-refractivity contribution in [3.05, 3.63) is 34.9 Å². The van der Waals surface area contributed by atoms with Gasteiger partial charge in [-0.15, -0.1) is 0 Å². The number of morpholine rings is 1. The molecule has 2 amide bonds. The monoisotopic (exact) mass is 452 g/mol. The van der Waals surface area contributed by atoms with Crippen LogP contribution in [0.4, 0.5) is 0 Å². The van der Waals surface area contributed by atoms with Crippen LogP contribution < -0.4 is 5.32 Å². The fourth-order valence-corrected chi connectivity index (χ4v) is 5.87. The lowest BCUT2D eigenvalue weighted by Gasteiger charge is -2.40. The first-order valence-corrected chi connectivity index (χ1v) is 12.0. The zero-order valence-corrected chi connectivity index (χ0v) is 19.4. The van der Waals surface area contributed by atoms with Crippen LogP contribution >= 0.6 is 0 Å². The molecule has 0 spiro atoms. The quantitative estimate of drug-likeness (QED) is 0.703. The third kappa shape index (κ3) is 5.82. The number of rotatable bonds is 5. The minimum atomic E-state index is -3.59. The van der Waals surface area contributed by atoms with E-state index in [0.717, 1.165) is 11.1 Å². The number of amides is 2. The third-order valence-corrected chi connectivity index (χ3v) is 7.48. The van der Waals surface area contributed by atoms with Gasteiger partial charge in [-0.25, -0.2) is 0 Å². The SMILES string of the molecule is Cc1cc(C)cc(C(=O)NCC(=O)N2CCN(S(=O)(=O)N3CC(C)OC(C)C3)CC2)c1. The number of benzene rings is 1. The molecule has 2 fully saturated rings. The van der Waals surface area contributed by atoms with E-state index in [1.54, 1.807) is 17.0 Å². The van der Waals surface area contributed by atoms with Gasteiger partial charge in [0.25, 0.3) is 16.1 Å². The zero-order valence-electron chi connectivity index (χ0n) is 18.6. The molecule has 2 saturated heterocycles. The van der Waals surface area contributed by atoms with Crippen LogP contribution in [0.25, 0.3) is 0 Å². The van der Waals surface area contributed by atoms with E-state index >= 15 is 0 Å². The second kappa shape index (κ2) is 9.64. The Morgan fingerprint density at radius 3 is 2.06 bits per heavy atom. The minimum Gasteiger partial charge on any atom is -0.373 e. The molecule has 2 aliphatic rings. The minimum absolute atomic E-state index is 0.114. The standard InChI is InChI=1S/C21H32N4O5S/c1-15-9-16(2)11-19(10-15)21(27)22-12-20(26)23-5-7-24(8-6-23)31(28,29)25-13-17(3)30-18(4)14-25/h9-11,17-18H,5-8,12-14H2,1-4H3,(H,22,27). The van der Waals surface area contributed by atoms with E-state index in [1.807, 2.05) is 33.8 Å². The normalized spacial score (nSPS) is 23.5. The zero-order chi connectivity index (χ0) is 22.8. The molecule has 2 atom stereocenters. The summed E-state index contributed by atoms with van der Waals surface area (Å²) < 4.78 is 34.5. The fraction of sp³-hybridized carbons (Fsp3) is 0.619. The van der Waals surface area contributed by atoms with Crippen LogP contribution in [0, 0.1) is 13.8 Å². The second-order valence-electron chi connectivity index (χ2n) is 8.42. The summed E-state index contributed by atoms with van der Waals surface area (Å²) in [5.41, 5.74) is 2.49. The summed E-state index contributed by atoms with van der Waals surface area (Å²) in [7, 11) is -3.59. The molecule has 2 aliphatic heterocycles. The first-order valence-electron chi connectivity index (χ1n) is 10.6. The maximum absolute atomic E-state index is 13.0.